The third kappa shape index (κ3) is 14.2. The van der Waals surface area contributed by atoms with Crippen molar-refractivity contribution in [2.45, 2.75) is 53.1 Å². The summed E-state index contributed by atoms with van der Waals surface area (Å²) in [5.74, 6) is 13.0. The number of carbonyl (C=O) groups excluding carboxylic acids is 1. The van der Waals surface area contributed by atoms with Crippen LogP contribution in [0.15, 0.2) is 96.1 Å². The minimum absolute atomic E-state index is 0.111. The van der Waals surface area contributed by atoms with Gasteiger partial charge in [0.05, 0.1) is 6.61 Å². The third-order valence-corrected chi connectivity index (χ3v) is 6.76. The minimum Gasteiger partial charge on any atom is -0.490 e. The molecular formula is C40H42O7. The second-order valence-electron chi connectivity index (χ2n) is 10.6. The van der Waals surface area contributed by atoms with Crippen LogP contribution in [0.25, 0.3) is 0 Å². The van der Waals surface area contributed by atoms with Gasteiger partial charge in [0.2, 0.25) is 0 Å². The number of hydrogen-bond donors (Lipinski definition) is 1. The summed E-state index contributed by atoms with van der Waals surface area (Å²) in [4.78, 5) is 22.8. The van der Waals surface area contributed by atoms with E-state index in [1.165, 1.54) is 0 Å². The highest BCUT2D eigenvalue weighted by Crippen LogP contribution is 2.16. The fraction of sp³-hybridized carbons (Fsp3) is 0.300. The lowest BCUT2D eigenvalue weighted by Crippen LogP contribution is -2.28. The molecule has 1 N–H and O–H groups in total. The van der Waals surface area contributed by atoms with Crippen LogP contribution >= 0.6 is 0 Å². The van der Waals surface area contributed by atoms with Crippen molar-refractivity contribution in [3.05, 3.63) is 118 Å². The number of allylic oxidation sites excluding steroid dienone is 2. The molecule has 0 aliphatic rings. The van der Waals surface area contributed by atoms with E-state index in [2.05, 4.69) is 23.7 Å². The minimum atomic E-state index is -0.806. The Morgan fingerprint density at radius 1 is 0.766 bits per heavy atom. The van der Waals surface area contributed by atoms with Crippen molar-refractivity contribution in [2.75, 3.05) is 26.4 Å². The lowest BCUT2D eigenvalue weighted by atomic mass is 10.1. The fourth-order valence-corrected chi connectivity index (χ4v) is 4.23. The van der Waals surface area contributed by atoms with Crippen molar-refractivity contribution < 1.29 is 33.6 Å². The Morgan fingerprint density at radius 2 is 1.30 bits per heavy atom. The summed E-state index contributed by atoms with van der Waals surface area (Å²) < 4.78 is 22.3. The van der Waals surface area contributed by atoms with Crippen LogP contribution in [0.4, 0.5) is 0 Å². The maximum Gasteiger partial charge on any atom is 0.335 e. The van der Waals surface area contributed by atoms with E-state index < -0.39 is 12.1 Å². The predicted octanol–water partition coefficient (Wildman–Crippen LogP) is 6.97. The number of esters is 1. The van der Waals surface area contributed by atoms with Gasteiger partial charge in [-0.2, -0.15) is 0 Å². The molecule has 0 heterocycles. The molecule has 0 bridgehead atoms. The second-order valence-corrected chi connectivity index (χ2v) is 10.6. The van der Waals surface area contributed by atoms with Crippen LogP contribution in [-0.4, -0.2) is 49.6 Å². The number of aryl methyl sites for hydroxylation is 1. The number of hydrogen-bond acceptors (Lipinski definition) is 6. The number of benzene rings is 3. The molecule has 0 saturated carbocycles. The molecule has 7 nitrogen and oxygen atoms in total. The molecule has 0 amide bonds. The second kappa shape index (κ2) is 20.0. The van der Waals surface area contributed by atoms with E-state index in [1.807, 2.05) is 106 Å². The molecule has 0 aliphatic heterocycles. The maximum atomic E-state index is 12.1. The van der Waals surface area contributed by atoms with Crippen LogP contribution in [0, 0.1) is 23.7 Å². The summed E-state index contributed by atoms with van der Waals surface area (Å²) in [5, 5.41) is 8.81. The van der Waals surface area contributed by atoms with Gasteiger partial charge in [0.25, 0.3) is 0 Å². The predicted molar refractivity (Wildman–Crippen MR) is 183 cm³/mol. The van der Waals surface area contributed by atoms with Gasteiger partial charge in [-0.1, -0.05) is 54.0 Å². The average molecular weight is 635 g/mol. The molecule has 7 heteroatoms. The van der Waals surface area contributed by atoms with Gasteiger partial charge < -0.3 is 24.1 Å². The fourth-order valence-electron chi connectivity index (χ4n) is 4.23. The first-order chi connectivity index (χ1) is 22.7. The summed E-state index contributed by atoms with van der Waals surface area (Å²) in [6.07, 6.45) is 4.28. The molecule has 3 rings (SSSR count). The summed E-state index contributed by atoms with van der Waals surface area (Å²) in [6, 6.07) is 22.8. The highest BCUT2D eigenvalue weighted by molar-refractivity contribution is 5.75. The average Bonchev–Trinajstić information content (AvgIpc) is 3.07. The van der Waals surface area contributed by atoms with Crippen molar-refractivity contribution >= 4 is 11.9 Å². The number of rotatable bonds is 15. The number of carboxylic acid groups (broad SMARTS) is 1. The molecule has 0 spiro atoms. The van der Waals surface area contributed by atoms with Crippen molar-refractivity contribution in [1.82, 2.24) is 0 Å². The van der Waals surface area contributed by atoms with Crippen LogP contribution in [0.2, 0.25) is 0 Å². The van der Waals surface area contributed by atoms with E-state index in [0.29, 0.717) is 39.3 Å². The van der Waals surface area contributed by atoms with Gasteiger partial charge >= 0.3 is 11.9 Å². The van der Waals surface area contributed by atoms with E-state index in [0.717, 1.165) is 44.9 Å². The summed E-state index contributed by atoms with van der Waals surface area (Å²) in [5.41, 5.74) is 5.44. The Kier molecular flexibility index (Phi) is 15.4. The first kappa shape index (κ1) is 36.2. The normalized spacial score (nSPS) is 11.7. The van der Waals surface area contributed by atoms with E-state index in [4.69, 9.17) is 24.1 Å². The SMILES string of the molecule is CCOC(=O)C(Cc1ccc(OCC=C(C)C#Cc2cccc(C#CC(C)=CCOc3ccc(CCC(=O)O)cc3)c2)cc1)OCC. The molecule has 0 aliphatic carbocycles. The molecule has 47 heavy (non-hydrogen) atoms. The van der Waals surface area contributed by atoms with Gasteiger partial charge in [0.1, 0.15) is 24.7 Å². The lowest BCUT2D eigenvalue weighted by molar-refractivity contribution is -0.156. The Bertz CT molecular complexity index is 1640. The molecule has 3 aromatic carbocycles. The monoisotopic (exact) mass is 634 g/mol. The van der Waals surface area contributed by atoms with Gasteiger partial charge in [-0.15, -0.1) is 0 Å². The molecule has 244 valence electrons. The zero-order chi connectivity index (χ0) is 33.9. The first-order valence-corrected chi connectivity index (χ1v) is 15.7. The quantitative estimate of drug-likeness (QED) is 0.143. The van der Waals surface area contributed by atoms with Gasteiger partial charge in [-0.05, 0) is 111 Å². The van der Waals surface area contributed by atoms with Gasteiger partial charge in [-0.3, -0.25) is 4.79 Å². The molecule has 0 fully saturated rings. The summed E-state index contributed by atoms with van der Waals surface area (Å²) in [7, 11) is 0. The Labute approximate surface area is 278 Å². The number of carboxylic acids is 1. The van der Waals surface area contributed by atoms with Gasteiger partial charge in [-0.25, -0.2) is 4.79 Å². The number of aliphatic carboxylic acids is 1. The Morgan fingerprint density at radius 3 is 1.79 bits per heavy atom. The van der Waals surface area contributed by atoms with E-state index in [-0.39, 0.29) is 12.4 Å². The van der Waals surface area contributed by atoms with Crippen molar-refractivity contribution in [3.8, 4) is 35.2 Å². The summed E-state index contributed by atoms with van der Waals surface area (Å²) >= 11 is 0. The van der Waals surface area contributed by atoms with Crippen LogP contribution < -0.4 is 9.47 Å². The van der Waals surface area contributed by atoms with Gasteiger partial charge in [0.15, 0.2) is 6.10 Å². The smallest absolute Gasteiger partial charge is 0.335 e. The molecule has 1 unspecified atom stereocenters. The zero-order valence-corrected chi connectivity index (χ0v) is 27.5. The molecule has 0 radical (unpaired) electrons. The van der Waals surface area contributed by atoms with Crippen LogP contribution in [0.3, 0.4) is 0 Å². The lowest BCUT2D eigenvalue weighted by Gasteiger charge is -2.15. The van der Waals surface area contributed by atoms with E-state index in [9.17, 15) is 9.59 Å². The highest BCUT2D eigenvalue weighted by Gasteiger charge is 2.20. The molecule has 3 aromatic rings. The largest absolute Gasteiger partial charge is 0.490 e. The molecule has 0 saturated heterocycles. The Balaban J connectivity index is 1.47. The molecule has 0 aromatic heterocycles. The topological polar surface area (TPSA) is 91.3 Å². The van der Waals surface area contributed by atoms with Crippen LogP contribution in [0.1, 0.15) is 56.4 Å². The van der Waals surface area contributed by atoms with Crippen molar-refractivity contribution in [2.24, 2.45) is 0 Å². The maximum absolute atomic E-state index is 12.1. The third-order valence-electron chi connectivity index (χ3n) is 6.76. The number of ether oxygens (including phenoxy) is 4. The van der Waals surface area contributed by atoms with Crippen molar-refractivity contribution in [3.63, 3.8) is 0 Å². The zero-order valence-electron chi connectivity index (χ0n) is 27.5. The van der Waals surface area contributed by atoms with Crippen LogP contribution in [0.5, 0.6) is 11.5 Å². The van der Waals surface area contributed by atoms with Gasteiger partial charge in [0, 0.05) is 30.6 Å². The Hall–Kier alpha value is -5.24. The van der Waals surface area contributed by atoms with Crippen LogP contribution in [-0.2, 0) is 31.9 Å². The van der Waals surface area contributed by atoms with Crippen molar-refractivity contribution in [1.29, 1.82) is 0 Å². The standard InChI is InChI=1S/C40H42O7/c1-5-44-38(40(43)45-6-2)29-35-16-21-37(22-17-35)47-27-25-31(4)11-13-34-9-7-8-33(28-34)12-10-30(3)24-26-46-36-19-14-32(15-20-36)18-23-39(41)42/h7-9,14-17,19-22,24-25,28,38H,5-6,18,23,26-27,29H2,1-4H3,(H,41,42). The van der Waals surface area contributed by atoms with E-state index in [1.54, 1.807) is 6.92 Å². The first-order valence-electron chi connectivity index (χ1n) is 15.7. The van der Waals surface area contributed by atoms with E-state index >= 15 is 0 Å². The summed E-state index contributed by atoms with van der Waals surface area (Å²) in [6.45, 7) is 9.03. The molecular weight excluding hydrogens is 592 g/mol. The highest BCUT2D eigenvalue weighted by atomic mass is 16.6. The number of carbonyl (C=O) groups is 2. The molecule has 1 atom stereocenters.